The number of sulfonamides is 1. The van der Waals surface area contributed by atoms with Crippen LogP contribution in [-0.4, -0.2) is 61.8 Å². The Morgan fingerprint density at radius 3 is 2.42 bits per heavy atom. The van der Waals surface area contributed by atoms with E-state index in [0.29, 0.717) is 42.2 Å². The van der Waals surface area contributed by atoms with Gasteiger partial charge in [0.15, 0.2) is 0 Å². The maximum atomic E-state index is 13.4. The van der Waals surface area contributed by atoms with Gasteiger partial charge in [0.25, 0.3) is 5.91 Å². The Hall–Kier alpha value is -2.21. The topological polar surface area (TPSA) is 69.7 Å². The van der Waals surface area contributed by atoms with Gasteiger partial charge in [-0.05, 0) is 48.9 Å². The van der Waals surface area contributed by atoms with Crippen LogP contribution in [0.3, 0.4) is 0 Å². The number of alkyl halides is 3. The van der Waals surface area contributed by atoms with Gasteiger partial charge in [-0.2, -0.15) is 17.5 Å². The minimum absolute atomic E-state index is 0.00857. The predicted octanol–water partition coefficient (Wildman–Crippen LogP) is 3.38. The van der Waals surface area contributed by atoms with Crippen LogP contribution in [0, 0.1) is 5.82 Å². The summed E-state index contributed by atoms with van der Waals surface area (Å²) in [7, 11) is -4.50. The molecule has 2 atom stereocenters. The molecule has 0 bridgehead atoms. The van der Waals surface area contributed by atoms with Gasteiger partial charge in [-0.3, -0.25) is 9.69 Å². The standard InChI is InChI=1S/C21H20ClF4N3O3S/c22-14-3-1-13(2-4-14)20(30)27-16-10-17-12-29(8-7-28(17)11-16)33(31,32)19-6-5-15(23)9-18(19)21(24,25)26/h1-6,9,16-17H,7-8,10-12H2,(H,27,30)/t16-,17-/m0/s1. The molecular weight excluding hydrogens is 486 g/mol. The van der Waals surface area contributed by atoms with E-state index in [1.54, 1.807) is 24.3 Å². The van der Waals surface area contributed by atoms with Crippen LogP contribution in [0.1, 0.15) is 22.3 Å². The average Bonchev–Trinajstić information content (AvgIpc) is 3.14. The molecule has 0 unspecified atom stereocenters. The lowest BCUT2D eigenvalue weighted by Crippen LogP contribution is -2.52. The summed E-state index contributed by atoms with van der Waals surface area (Å²) in [5.74, 6) is -1.46. The van der Waals surface area contributed by atoms with Gasteiger partial charge in [-0.25, -0.2) is 12.8 Å². The first kappa shape index (κ1) is 23.9. The maximum Gasteiger partial charge on any atom is 0.417 e. The number of carbonyl (C=O) groups excluding carboxylic acids is 1. The van der Waals surface area contributed by atoms with Crippen LogP contribution >= 0.6 is 11.6 Å². The molecule has 1 amide bonds. The molecule has 0 spiro atoms. The molecule has 178 valence electrons. The first-order chi connectivity index (χ1) is 15.4. The summed E-state index contributed by atoms with van der Waals surface area (Å²) >= 11 is 5.83. The molecule has 2 fully saturated rings. The van der Waals surface area contributed by atoms with Crippen molar-refractivity contribution in [1.82, 2.24) is 14.5 Å². The highest BCUT2D eigenvalue weighted by Crippen LogP contribution is 2.36. The van der Waals surface area contributed by atoms with Gasteiger partial charge in [0, 0.05) is 48.8 Å². The van der Waals surface area contributed by atoms with Crippen molar-refractivity contribution in [2.75, 3.05) is 26.2 Å². The van der Waals surface area contributed by atoms with E-state index in [2.05, 4.69) is 5.32 Å². The third-order valence-corrected chi connectivity index (χ3v) is 8.06. The molecule has 6 nitrogen and oxygen atoms in total. The van der Waals surface area contributed by atoms with Gasteiger partial charge in [0.05, 0.1) is 10.5 Å². The number of benzene rings is 2. The van der Waals surface area contributed by atoms with Crippen molar-refractivity contribution in [1.29, 1.82) is 0 Å². The second-order valence-electron chi connectivity index (χ2n) is 8.06. The number of nitrogens with zero attached hydrogens (tertiary/aromatic N) is 2. The number of hydrogen-bond acceptors (Lipinski definition) is 4. The molecule has 2 aliphatic rings. The van der Waals surface area contributed by atoms with E-state index in [4.69, 9.17) is 11.6 Å². The Balaban J connectivity index is 1.47. The number of amides is 1. The summed E-state index contributed by atoms with van der Waals surface area (Å²) in [4.78, 5) is 13.5. The Morgan fingerprint density at radius 2 is 1.76 bits per heavy atom. The average molecular weight is 506 g/mol. The van der Waals surface area contributed by atoms with Crippen molar-refractivity contribution in [3.63, 3.8) is 0 Å². The van der Waals surface area contributed by atoms with Crippen molar-refractivity contribution in [2.24, 2.45) is 0 Å². The second-order valence-corrected chi connectivity index (χ2v) is 10.4. The zero-order chi connectivity index (χ0) is 24.0. The van der Waals surface area contributed by atoms with E-state index in [9.17, 15) is 30.8 Å². The molecule has 0 aliphatic carbocycles. The molecule has 2 heterocycles. The molecule has 12 heteroatoms. The Morgan fingerprint density at radius 1 is 1.06 bits per heavy atom. The highest BCUT2D eigenvalue weighted by molar-refractivity contribution is 7.89. The quantitative estimate of drug-likeness (QED) is 0.647. The fraction of sp³-hybridized carbons (Fsp3) is 0.381. The lowest BCUT2D eigenvalue weighted by atomic mass is 10.1. The Bertz CT molecular complexity index is 1160. The highest BCUT2D eigenvalue weighted by Gasteiger charge is 2.43. The molecule has 4 rings (SSSR count). The third-order valence-electron chi connectivity index (χ3n) is 5.89. The van der Waals surface area contributed by atoms with Gasteiger partial charge in [-0.15, -0.1) is 0 Å². The largest absolute Gasteiger partial charge is 0.417 e. The molecule has 0 saturated carbocycles. The lowest BCUT2D eigenvalue weighted by Gasteiger charge is -2.36. The molecule has 2 aromatic rings. The number of nitrogens with one attached hydrogen (secondary N) is 1. The number of hydrogen-bond donors (Lipinski definition) is 1. The number of fused-ring (bicyclic) bond motifs is 1. The Kier molecular flexibility index (Phi) is 6.43. The van der Waals surface area contributed by atoms with Crippen molar-refractivity contribution in [2.45, 2.75) is 29.6 Å². The molecule has 2 aromatic carbocycles. The van der Waals surface area contributed by atoms with Gasteiger partial charge >= 0.3 is 6.18 Å². The smallest absolute Gasteiger partial charge is 0.348 e. The summed E-state index contributed by atoms with van der Waals surface area (Å²) in [6, 6.07) is 7.44. The molecule has 1 N–H and O–H groups in total. The summed E-state index contributed by atoms with van der Waals surface area (Å²) in [5.41, 5.74) is -1.09. The summed E-state index contributed by atoms with van der Waals surface area (Å²) in [6.07, 6.45) is -4.57. The molecule has 0 aromatic heterocycles. The van der Waals surface area contributed by atoms with Gasteiger partial charge in [0.2, 0.25) is 10.0 Å². The lowest BCUT2D eigenvalue weighted by molar-refractivity contribution is -0.140. The molecular formula is C21H20ClF4N3O3S. The van der Waals surface area contributed by atoms with E-state index in [0.717, 1.165) is 4.31 Å². The van der Waals surface area contributed by atoms with Crippen LogP contribution in [0.15, 0.2) is 47.4 Å². The zero-order valence-electron chi connectivity index (χ0n) is 17.1. The van der Waals surface area contributed by atoms with E-state index >= 15 is 0 Å². The number of rotatable bonds is 4. The van der Waals surface area contributed by atoms with E-state index in [1.165, 1.54) is 0 Å². The summed E-state index contributed by atoms with van der Waals surface area (Å²) in [5, 5.41) is 3.41. The minimum Gasteiger partial charge on any atom is -0.348 e. The predicted molar refractivity (Wildman–Crippen MR) is 113 cm³/mol. The first-order valence-electron chi connectivity index (χ1n) is 10.1. The number of piperazine rings is 1. The monoisotopic (exact) mass is 505 g/mol. The summed E-state index contributed by atoms with van der Waals surface area (Å²) < 4.78 is 80.6. The number of halogens is 5. The minimum atomic E-state index is -5.02. The van der Waals surface area contributed by atoms with E-state index in [-0.39, 0.29) is 37.1 Å². The molecule has 33 heavy (non-hydrogen) atoms. The van der Waals surface area contributed by atoms with Crippen LogP contribution in [0.2, 0.25) is 5.02 Å². The molecule has 2 aliphatic heterocycles. The molecule has 0 radical (unpaired) electrons. The SMILES string of the molecule is O=C(N[C@H]1C[C@H]2CN(S(=O)(=O)c3ccc(F)cc3C(F)(F)F)CCN2C1)c1ccc(Cl)cc1. The van der Waals surface area contributed by atoms with E-state index in [1.807, 2.05) is 4.90 Å². The van der Waals surface area contributed by atoms with Crippen LogP contribution < -0.4 is 5.32 Å². The fourth-order valence-electron chi connectivity index (χ4n) is 4.29. The summed E-state index contributed by atoms with van der Waals surface area (Å²) in [6.45, 7) is 0.775. The van der Waals surface area contributed by atoms with Gasteiger partial charge < -0.3 is 5.32 Å². The number of carbonyl (C=O) groups is 1. The van der Waals surface area contributed by atoms with Crippen LogP contribution in [0.25, 0.3) is 0 Å². The third kappa shape index (κ3) is 5.01. The Labute approximate surface area is 193 Å². The van der Waals surface area contributed by atoms with Crippen LogP contribution in [0.4, 0.5) is 17.6 Å². The van der Waals surface area contributed by atoms with Crippen molar-refractivity contribution < 1.29 is 30.8 Å². The van der Waals surface area contributed by atoms with Gasteiger partial charge in [0.1, 0.15) is 5.82 Å². The van der Waals surface area contributed by atoms with Crippen molar-refractivity contribution >= 4 is 27.5 Å². The van der Waals surface area contributed by atoms with Crippen LogP contribution in [0.5, 0.6) is 0 Å². The van der Waals surface area contributed by atoms with Crippen molar-refractivity contribution in [3.05, 3.63) is 64.4 Å². The first-order valence-corrected chi connectivity index (χ1v) is 11.9. The normalized spacial score (nSPS) is 22.2. The van der Waals surface area contributed by atoms with Crippen LogP contribution in [-0.2, 0) is 16.2 Å². The molecule has 2 saturated heterocycles. The van der Waals surface area contributed by atoms with Crippen molar-refractivity contribution in [3.8, 4) is 0 Å². The van der Waals surface area contributed by atoms with E-state index < -0.39 is 32.5 Å². The maximum absolute atomic E-state index is 13.4. The van der Waals surface area contributed by atoms with Gasteiger partial charge in [-0.1, -0.05) is 11.6 Å². The highest BCUT2D eigenvalue weighted by atomic mass is 35.5. The fourth-order valence-corrected chi connectivity index (χ4v) is 6.08. The second kappa shape index (κ2) is 8.86. The zero-order valence-corrected chi connectivity index (χ0v) is 18.7.